The molecule has 0 amide bonds. The molecule has 0 saturated carbocycles. The molecule has 0 unspecified atom stereocenters. The van der Waals surface area contributed by atoms with Crippen LogP contribution in [0.3, 0.4) is 0 Å². The fourth-order valence-corrected chi connectivity index (χ4v) is 5.90. The fraction of sp³-hybridized carbons (Fsp3) is 0.400. The molecule has 2 N–H and O–H groups in total. The van der Waals surface area contributed by atoms with E-state index in [2.05, 4.69) is 41.7 Å². The van der Waals surface area contributed by atoms with E-state index in [-0.39, 0.29) is 25.0 Å². The lowest BCUT2D eigenvalue weighted by Gasteiger charge is -2.53. The van der Waals surface area contributed by atoms with Gasteiger partial charge in [0, 0.05) is 31.4 Å². The molecule has 14 heteroatoms. The van der Waals surface area contributed by atoms with Crippen molar-refractivity contribution in [2.45, 2.75) is 44.1 Å². The number of pyridine rings is 2. The number of carboxylic acids is 1. The maximum atomic E-state index is 12.4. The Morgan fingerprint density at radius 2 is 2.02 bits per heavy atom. The summed E-state index contributed by atoms with van der Waals surface area (Å²) < 4.78 is 24.3. The van der Waals surface area contributed by atoms with Gasteiger partial charge in [-0.3, -0.25) is 4.98 Å². The molecule has 4 aromatic heterocycles. The molecule has 1 spiro atoms. The zero-order chi connectivity index (χ0) is 30.3. The molecule has 3 fully saturated rings. The van der Waals surface area contributed by atoms with Crippen LogP contribution in [0.4, 0.5) is 11.6 Å². The summed E-state index contributed by atoms with van der Waals surface area (Å²) in [6, 6.07) is 8.28. The molecular formula is C30H32N8O6. The van der Waals surface area contributed by atoms with E-state index in [1.807, 2.05) is 24.3 Å². The molecule has 3 atom stereocenters. The molecule has 0 radical (unpaired) electrons. The van der Waals surface area contributed by atoms with Gasteiger partial charge in [-0.2, -0.15) is 9.97 Å². The van der Waals surface area contributed by atoms with Crippen molar-refractivity contribution in [3.8, 4) is 28.9 Å². The quantitative estimate of drug-likeness (QED) is 0.304. The number of rotatable bonds is 8. The SMILES string of the molecule is Cc1nc(-c2ccc[nH]2)nc(N2C[C@@H](Oc3ncc(Oc4cccnc4)cc3N3CCOC4(COC4)[C@@H]3C)C[C@H]2C(=O)O)n1. The molecule has 7 rings (SSSR count). The van der Waals surface area contributed by atoms with E-state index in [0.717, 1.165) is 5.69 Å². The standard InChI is InChI=1S/C30H32N8O6/c1-18-30(16-41-17-30)42-10-9-37(18)24-11-21(43-20-5-3-7-31-13-20)14-33-27(24)44-22-12-25(28(39)40)38(15-22)29-35-19(2)34-26(36-29)23-6-4-8-32-23/h3-8,11,13-14,18,22,25,32H,9-10,12,15-17H2,1-2H3,(H,39,40)/t18-,22-,25-/m0/s1. The molecule has 14 nitrogen and oxygen atoms in total. The molecule has 0 bridgehead atoms. The monoisotopic (exact) mass is 600 g/mol. The number of aliphatic carboxylic acids is 1. The molecule has 3 aliphatic rings. The second-order valence-corrected chi connectivity index (χ2v) is 11.1. The number of nitrogens with one attached hydrogen (secondary N) is 1. The first kappa shape index (κ1) is 28.0. The third-order valence-electron chi connectivity index (χ3n) is 8.29. The van der Waals surface area contributed by atoms with Gasteiger partial charge in [-0.25, -0.2) is 14.8 Å². The van der Waals surface area contributed by atoms with Gasteiger partial charge in [0.15, 0.2) is 5.82 Å². The van der Waals surface area contributed by atoms with Gasteiger partial charge >= 0.3 is 5.97 Å². The van der Waals surface area contributed by atoms with Crippen LogP contribution < -0.4 is 19.3 Å². The highest BCUT2D eigenvalue weighted by Gasteiger charge is 2.50. The summed E-state index contributed by atoms with van der Waals surface area (Å²) in [7, 11) is 0. The van der Waals surface area contributed by atoms with Crippen LogP contribution in [0.25, 0.3) is 11.5 Å². The van der Waals surface area contributed by atoms with Gasteiger partial charge in [0.25, 0.3) is 0 Å². The molecule has 0 aromatic carbocycles. The van der Waals surface area contributed by atoms with E-state index in [0.29, 0.717) is 61.1 Å². The maximum Gasteiger partial charge on any atom is 0.326 e. The summed E-state index contributed by atoms with van der Waals surface area (Å²) >= 11 is 0. The van der Waals surface area contributed by atoms with Gasteiger partial charge in [-0.05, 0) is 38.1 Å². The van der Waals surface area contributed by atoms with Gasteiger partial charge < -0.3 is 38.8 Å². The summed E-state index contributed by atoms with van der Waals surface area (Å²) in [6.45, 7) is 6.24. The van der Waals surface area contributed by atoms with Crippen molar-refractivity contribution in [1.82, 2.24) is 29.9 Å². The number of H-pyrrole nitrogens is 1. The number of aryl methyl sites for hydroxylation is 1. The van der Waals surface area contributed by atoms with Gasteiger partial charge in [0.1, 0.15) is 40.8 Å². The van der Waals surface area contributed by atoms with Crippen LogP contribution in [0.15, 0.2) is 55.1 Å². The highest BCUT2D eigenvalue weighted by Crippen LogP contribution is 2.41. The Morgan fingerprint density at radius 1 is 1.14 bits per heavy atom. The molecule has 44 heavy (non-hydrogen) atoms. The number of hydrogen-bond donors (Lipinski definition) is 2. The minimum atomic E-state index is -0.988. The number of nitrogens with zero attached hydrogens (tertiary/aromatic N) is 7. The molecular weight excluding hydrogens is 568 g/mol. The van der Waals surface area contributed by atoms with Gasteiger partial charge in [-0.1, -0.05) is 0 Å². The predicted octanol–water partition coefficient (Wildman–Crippen LogP) is 2.86. The number of aromatic amines is 1. The van der Waals surface area contributed by atoms with E-state index in [9.17, 15) is 9.90 Å². The fourth-order valence-electron chi connectivity index (χ4n) is 5.90. The number of ether oxygens (including phenoxy) is 4. The van der Waals surface area contributed by atoms with Gasteiger partial charge in [-0.15, -0.1) is 0 Å². The summed E-state index contributed by atoms with van der Waals surface area (Å²) in [6.07, 6.45) is 6.39. The smallest absolute Gasteiger partial charge is 0.326 e. The Balaban J connectivity index is 1.19. The third kappa shape index (κ3) is 5.26. The number of anilines is 2. The Hall–Kier alpha value is -4.82. The molecule has 0 aliphatic carbocycles. The number of carbonyl (C=O) groups is 1. The van der Waals surface area contributed by atoms with Crippen LogP contribution in [-0.2, 0) is 14.3 Å². The van der Waals surface area contributed by atoms with E-state index in [1.165, 1.54) is 0 Å². The van der Waals surface area contributed by atoms with Crippen LogP contribution >= 0.6 is 0 Å². The van der Waals surface area contributed by atoms with Crippen LogP contribution in [0.5, 0.6) is 17.4 Å². The normalized spacial score (nSPS) is 22.5. The largest absolute Gasteiger partial charge is 0.480 e. The van der Waals surface area contributed by atoms with Crippen molar-refractivity contribution in [2.24, 2.45) is 0 Å². The van der Waals surface area contributed by atoms with Crippen molar-refractivity contribution < 1.29 is 28.8 Å². The maximum absolute atomic E-state index is 12.4. The summed E-state index contributed by atoms with van der Waals surface area (Å²) in [5.74, 6) is 1.69. The van der Waals surface area contributed by atoms with Crippen molar-refractivity contribution in [3.05, 3.63) is 60.9 Å². The van der Waals surface area contributed by atoms with Gasteiger partial charge in [0.05, 0.1) is 50.5 Å². The zero-order valence-corrected chi connectivity index (χ0v) is 24.3. The van der Waals surface area contributed by atoms with E-state index >= 15 is 0 Å². The van der Waals surface area contributed by atoms with Gasteiger partial charge in [0.2, 0.25) is 11.8 Å². The second-order valence-electron chi connectivity index (χ2n) is 11.1. The number of aromatic nitrogens is 6. The van der Waals surface area contributed by atoms with Crippen LogP contribution in [-0.4, -0.2) is 97.7 Å². The Kier molecular flexibility index (Phi) is 7.22. The van der Waals surface area contributed by atoms with Crippen LogP contribution in [0.2, 0.25) is 0 Å². The third-order valence-corrected chi connectivity index (χ3v) is 8.29. The van der Waals surface area contributed by atoms with Crippen molar-refractivity contribution in [2.75, 3.05) is 42.7 Å². The highest BCUT2D eigenvalue weighted by atomic mass is 16.6. The molecule has 7 heterocycles. The van der Waals surface area contributed by atoms with E-state index in [4.69, 9.17) is 18.9 Å². The number of morpholine rings is 1. The lowest BCUT2D eigenvalue weighted by atomic mass is 9.90. The Labute approximate surface area is 253 Å². The minimum absolute atomic E-state index is 0.0331. The minimum Gasteiger partial charge on any atom is -0.480 e. The Bertz CT molecular complexity index is 1630. The average molecular weight is 601 g/mol. The topological polar surface area (TPSA) is 161 Å². The first-order valence-corrected chi connectivity index (χ1v) is 14.5. The summed E-state index contributed by atoms with van der Waals surface area (Å²) in [5.41, 5.74) is 1.03. The summed E-state index contributed by atoms with van der Waals surface area (Å²) in [5, 5.41) is 10.2. The van der Waals surface area contributed by atoms with Crippen molar-refractivity contribution in [1.29, 1.82) is 0 Å². The molecule has 4 aromatic rings. The van der Waals surface area contributed by atoms with Crippen molar-refractivity contribution >= 4 is 17.6 Å². The van der Waals surface area contributed by atoms with E-state index < -0.39 is 23.7 Å². The second kappa shape index (κ2) is 11.4. The lowest BCUT2D eigenvalue weighted by molar-refractivity contribution is -0.228. The number of hydrogen-bond acceptors (Lipinski definition) is 12. The molecule has 3 aliphatic heterocycles. The summed E-state index contributed by atoms with van der Waals surface area (Å²) in [4.78, 5) is 41.7. The first-order chi connectivity index (χ1) is 21.4. The van der Waals surface area contributed by atoms with Crippen molar-refractivity contribution in [3.63, 3.8) is 0 Å². The highest BCUT2D eigenvalue weighted by molar-refractivity contribution is 5.78. The Morgan fingerprint density at radius 3 is 2.75 bits per heavy atom. The molecule has 228 valence electrons. The predicted molar refractivity (Wildman–Crippen MR) is 157 cm³/mol. The molecule has 3 saturated heterocycles. The van der Waals surface area contributed by atoms with Crippen LogP contribution in [0.1, 0.15) is 19.2 Å². The van der Waals surface area contributed by atoms with Crippen LogP contribution in [0, 0.1) is 6.92 Å². The first-order valence-electron chi connectivity index (χ1n) is 14.5. The lowest BCUT2D eigenvalue weighted by Crippen LogP contribution is -2.68. The average Bonchev–Trinajstić information content (AvgIpc) is 3.69. The van der Waals surface area contributed by atoms with E-state index in [1.54, 1.807) is 42.7 Å². The zero-order valence-electron chi connectivity index (χ0n) is 24.3. The number of carboxylic acid groups (broad SMARTS) is 1.